The summed E-state index contributed by atoms with van der Waals surface area (Å²) in [5.41, 5.74) is 5.51. The molecular weight excluding hydrogens is 275 g/mol. The minimum Gasteiger partial charge on any atom is -0.480 e. The van der Waals surface area contributed by atoms with Crippen LogP contribution in [0, 0.1) is 0 Å². The highest BCUT2D eigenvalue weighted by Crippen LogP contribution is 2.37. The third-order valence-corrected chi connectivity index (χ3v) is 3.23. The van der Waals surface area contributed by atoms with Gasteiger partial charge in [-0.25, -0.2) is 0 Å². The number of nitrogens with two attached hydrogens (primary N) is 1. The number of carboxylic acid groups (broad SMARTS) is 1. The molecule has 1 amide bonds. The highest BCUT2D eigenvalue weighted by atomic mass is 31.2. The zero-order valence-electron chi connectivity index (χ0n) is 10.8. The molecular formula is C10H19N2O6P. The maximum absolute atomic E-state index is 11.0. The SMILES string of the molecule is CC(=O)N(C)CCC(=CC(N)C(=O)O)CP(=O)(O)O. The molecule has 0 aromatic rings. The Hall–Kier alpha value is -1.21. The van der Waals surface area contributed by atoms with Crippen LogP contribution in [0.4, 0.5) is 0 Å². The van der Waals surface area contributed by atoms with Gasteiger partial charge in [0, 0.05) is 20.5 Å². The van der Waals surface area contributed by atoms with Gasteiger partial charge in [-0.05, 0) is 6.42 Å². The molecule has 0 bridgehead atoms. The summed E-state index contributed by atoms with van der Waals surface area (Å²) >= 11 is 0. The number of carbonyl (C=O) groups is 2. The quantitative estimate of drug-likeness (QED) is 0.362. The molecule has 0 saturated heterocycles. The van der Waals surface area contributed by atoms with Crippen LogP contribution in [0.1, 0.15) is 13.3 Å². The molecule has 5 N–H and O–H groups in total. The largest absolute Gasteiger partial charge is 0.480 e. The monoisotopic (exact) mass is 294 g/mol. The molecule has 0 heterocycles. The van der Waals surface area contributed by atoms with E-state index >= 15 is 0 Å². The Balaban J connectivity index is 4.83. The van der Waals surface area contributed by atoms with Gasteiger partial charge >= 0.3 is 13.6 Å². The van der Waals surface area contributed by atoms with Crippen molar-refractivity contribution in [1.29, 1.82) is 0 Å². The van der Waals surface area contributed by atoms with Gasteiger partial charge in [0.1, 0.15) is 6.04 Å². The molecule has 0 aliphatic rings. The van der Waals surface area contributed by atoms with Gasteiger partial charge in [-0.2, -0.15) is 0 Å². The lowest BCUT2D eigenvalue weighted by atomic mass is 10.1. The van der Waals surface area contributed by atoms with E-state index in [1.807, 2.05) is 0 Å². The van der Waals surface area contributed by atoms with Crippen LogP contribution in [0.3, 0.4) is 0 Å². The second-order valence-corrected chi connectivity index (χ2v) is 5.85. The predicted molar refractivity (Wildman–Crippen MR) is 68.5 cm³/mol. The van der Waals surface area contributed by atoms with Crippen molar-refractivity contribution in [3.05, 3.63) is 11.6 Å². The van der Waals surface area contributed by atoms with Crippen LogP contribution in [-0.2, 0) is 14.2 Å². The summed E-state index contributed by atoms with van der Waals surface area (Å²) in [4.78, 5) is 40.8. The number of rotatable bonds is 7. The van der Waals surface area contributed by atoms with Crippen LogP contribution in [-0.4, -0.2) is 57.5 Å². The van der Waals surface area contributed by atoms with Crippen molar-refractivity contribution < 1.29 is 29.0 Å². The van der Waals surface area contributed by atoms with Crippen LogP contribution >= 0.6 is 7.60 Å². The van der Waals surface area contributed by atoms with Crippen LogP contribution in [0.15, 0.2) is 11.6 Å². The van der Waals surface area contributed by atoms with Crippen molar-refractivity contribution in [2.75, 3.05) is 19.8 Å². The normalized spacial score (nSPS) is 14.1. The number of carbonyl (C=O) groups excluding carboxylic acids is 1. The molecule has 0 aromatic heterocycles. The topological polar surface area (TPSA) is 141 Å². The lowest BCUT2D eigenvalue weighted by Gasteiger charge is -2.17. The fourth-order valence-electron chi connectivity index (χ4n) is 1.27. The molecule has 110 valence electrons. The molecule has 0 saturated carbocycles. The third-order valence-electron chi connectivity index (χ3n) is 2.42. The van der Waals surface area contributed by atoms with Crippen LogP contribution in [0.2, 0.25) is 0 Å². The first kappa shape index (κ1) is 17.8. The van der Waals surface area contributed by atoms with E-state index in [9.17, 15) is 14.2 Å². The number of hydrogen-bond acceptors (Lipinski definition) is 4. The molecule has 0 spiro atoms. The zero-order valence-corrected chi connectivity index (χ0v) is 11.7. The Labute approximate surface area is 111 Å². The molecule has 0 rings (SSSR count). The standard InChI is InChI=1S/C10H19N2O6P/c1-7(13)12(2)4-3-8(6-19(16,17)18)5-9(11)10(14)15/h5,9H,3-4,6,11H2,1-2H3,(H,14,15)(H2,16,17,18). The lowest BCUT2D eigenvalue weighted by Crippen LogP contribution is -2.29. The van der Waals surface area contributed by atoms with Crippen molar-refractivity contribution in [1.82, 2.24) is 4.90 Å². The van der Waals surface area contributed by atoms with E-state index in [-0.39, 0.29) is 24.4 Å². The van der Waals surface area contributed by atoms with E-state index in [0.29, 0.717) is 0 Å². The fraction of sp³-hybridized carbons (Fsp3) is 0.600. The number of carboxylic acids is 1. The predicted octanol–water partition coefficient (Wildman–Crippen LogP) is -0.629. The van der Waals surface area contributed by atoms with Gasteiger partial charge in [-0.1, -0.05) is 11.6 Å². The van der Waals surface area contributed by atoms with E-state index < -0.39 is 25.8 Å². The van der Waals surface area contributed by atoms with Crippen molar-refractivity contribution >= 4 is 19.5 Å². The number of amides is 1. The van der Waals surface area contributed by atoms with Gasteiger partial charge in [0.15, 0.2) is 0 Å². The summed E-state index contributed by atoms with van der Waals surface area (Å²) in [6, 6.07) is -1.33. The molecule has 8 nitrogen and oxygen atoms in total. The minimum absolute atomic E-state index is 0.155. The van der Waals surface area contributed by atoms with Crippen LogP contribution in [0.5, 0.6) is 0 Å². The van der Waals surface area contributed by atoms with Crippen molar-refractivity contribution in [3.8, 4) is 0 Å². The molecule has 1 unspecified atom stereocenters. The summed E-state index contributed by atoms with van der Waals surface area (Å²) in [6.07, 6.45) is 0.692. The molecule has 0 aliphatic carbocycles. The third kappa shape index (κ3) is 8.50. The van der Waals surface area contributed by atoms with Gasteiger partial charge in [0.2, 0.25) is 5.91 Å². The molecule has 19 heavy (non-hydrogen) atoms. The summed E-state index contributed by atoms with van der Waals surface area (Å²) in [5.74, 6) is -1.49. The first-order valence-corrected chi connectivity index (χ1v) is 7.27. The van der Waals surface area contributed by atoms with Gasteiger partial charge in [0.25, 0.3) is 0 Å². The van der Waals surface area contributed by atoms with Crippen LogP contribution in [0.25, 0.3) is 0 Å². The van der Waals surface area contributed by atoms with Gasteiger partial charge in [-0.3, -0.25) is 14.2 Å². The molecule has 0 radical (unpaired) electrons. The highest BCUT2D eigenvalue weighted by molar-refractivity contribution is 7.52. The second kappa shape index (κ2) is 7.40. The summed E-state index contributed by atoms with van der Waals surface area (Å²) < 4.78 is 11.0. The Kier molecular flexibility index (Phi) is 6.93. The average Bonchev–Trinajstić information content (AvgIpc) is 2.22. The average molecular weight is 294 g/mol. The van der Waals surface area contributed by atoms with E-state index in [1.54, 1.807) is 0 Å². The van der Waals surface area contributed by atoms with Gasteiger partial charge in [-0.15, -0.1) is 0 Å². The zero-order chi connectivity index (χ0) is 15.2. The van der Waals surface area contributed by atoms with Gasteiger partial charge < -0.3 is 25.5 Å². The minimum atomic E-state index is -4.31. The molecule has 0 fully saturated rings. The Bertz CT molecular complexity index is 416. The molecule has 1 atom stereocenters. The molecule has 9 heteroatoms. The van der Waals surface area contributed by atoms with E-state index in [1.165, 1.54) is 18.9 Å². The Morgan fingerprint density at radius 2 is 1.95 bits per heavy atom. The van der Waals surface area contributed by atoms with Crippen molar-refractivity contribution in [2.24, 2.45) is 5.73 Å². The first-order valence-electron chi connectivity index (χ1n) is 5.47. The summed E-state index contributed by atoms with van der Waals surface area (Å²) in [5, 5.41) is 8.67. The Morgan fingerprint density at radius 1 is 1.42 bits per heavy atom. The Morgan fingerprint density at radius 3 is 2.32 bits per heavy atom. The number of aliphatic carboxylic acids is 1. The van der Waals surface area contributed by atoms with E-state index in [4.69, 9.17) is 20.6 Å². The lowest BCUT2D eigenvalue weighted by molar-refractivity contribution is -0.137. The van der Waals surface area contributed by atoms with Crippen LogP contribution < -0.4 is 5.73 Å². The first-order chi connectivity index (χ1) is 8.53. The van der Waals surface area contributed by atoms with E-state index in [0.717, 1.165) is 6.08 Å². The number of nitrogens with zero attached hydrogens (tertiary/aromatic N) is 1. The van der Waals surface area contributed by atoms with Crippen molar-refractivity contribution in [2.45, 2.75) is 19.4 Å². The fourth-order valence-corrected chi connectivity index (χ4v) is 2.07. The van der Waals surface area contributed by atoms with Gasteiger partial charge in [0.05, 0.1) is 6.16 Å². The molecule has 0 aromatic carbocycles. The molecule has 0 aliphatic heterocycles. The summed E-state index contributed by atoms with van der Waals surface area (Å²) in [6.45, 7) is 1.59. The smallest absolute Gasteiger partial charge is 0.329 e. The second-order valence-electron chi connectivity index (χ2n) is 4.20. The van der Waals surface area contributed by atoms with Crippen molar-refractivity contribution in [3.63, 3.8) is 0 Å². The highest BCUT2D eigenvalue weighted by Gasteiger charge is 2.19. The summed E-state index contributed by atoms with van der Waals surface area (Å²) in [7, 11) is -2.78. The number of hydrogen-bond donors (Lipinski definition) is 4. The maximum Gasteiger partial charge on any atom is 0.329 e. The van der Waals surface area contributed by atoms with E-state index in [2.05, 4.69) is 0 Å². The maximum atomic E-state index is 11.0.